The lowest BCUT2D eigenvalue weighted by atomic mass is 9.81. The van der Waals surface area contributed by atoms with Crippen LogP contribution in [0.4, 0.5) is 4.39 Å². The Morgan fingerprint density at radius 2 is 2.29 bits per heavy atom. The summed E-state index contributed by atoms with van der Waals surface area (Å²) in [5.41, 5.74) is 0.696. The van der Waals surface area contributed by atoms with Crippen molar-refractivity contribution < 1.29 is 4.39 Å². The number of halogens is 2. The second-order valence-corrected chi connectivity index (χ2v) is 4.55. The van der Waals surface area contributed by atoms with Gasteiger partial charge >= 0.3 is 0 Å². The third-order valence-corrected chi connectivity index (χ3v) is 3.19. The van der Waals surface area contributed by atoms with Crippen LogP contribution in [0.1, 0.15) is 18.9 Å². The molecule has 1 atom stereocenters. The van der Waals surface area contributed by atoms with Crippen molar-refractivity contribution in [3.05, 3.63) is 34.6 Å². The fourth-order valence-electron chi connectivity index (χ4n) is 2.03. The summed E-state index contributed by atoms with van der Waals surface area (Å²) < 4.78 is 13.6. The molecule has 0 radical (unpaired) electrons. The van der Waals surface area contributed by atoms with E-state index in [1.54, 1.807) is 12.1 Å². The van der Waals surface area contributed by atoms with Crippen LogP contribution in [-0.2, 0) is 5.41 Å². The van der Waals surface area contributed by atoms with Crippen molar-refractivity contribution in [2.75, 3.05) is 13.1 Å². The van der Waals surface area contributed by atoms with Crippen molar-refractivity contribution in [2.45, 2.75) is 18.8 Å². The Labute approximate surface area is 88.3 Å². The molecule has 2 rings (SSSR count). The van der Waals surface area contributed by atoms with E-state index in [2.05, 4.69) is 12.2 Å². The Morgan fingerprint density at radius 1 is 1.50 bits per heavy atom. The van der Waals surface area contributed by atoms with E-state index in [0.717, 1.165) is 25.1 Å². The van der Waals surface area contributed by atoms with Crippen molar-refractivity contribution in [1.29, 1.82) is 0 Å². The summed E-state index contributed by atoms with van der Waals surface area (Å²) in [6.45, 7) is 3.88. The monoisotopic (exact) mass is 213 g/mol. The highest BCUT2D eigenvalue weighted by molar-refractivity contribution is 6.30. The molecular weight excluding hydrogens is 201 g/mol. The molecule has 1 aliphatic heterocycles. The second kappa shape index (κ2) is 3.52. The van der Waals surface area contributed by atoms with Gasteiger partial charge < -0.3 is 5.32 Å². The van der Waals surface area contributed by atoms with Gasteiger partial charge in [0.15, 0.2) is 0 Å². The molecule has 0 amide bonds. The summed E-state index contributed by atoms with van der Waals surface area (Å²) in [5.74, 6) is -0.191. The minimum absolute atomic E-state index is 0.0747. The van der Waals surface area contributed by atoms with Crippen LogP contribution in [-0.4, -0.2) is 13.1 Å². The Bertz CT molecular complexity index is 345. The van der Waals surface area contributed by atoms with E-state index < -0.39 is 0 Å². The quantitative estimate of drug-likeness (QED) is 0.757. The van der Waals surface area contributed by atoms with E-state index in [-0.39, 0.29) is 11.2 Å². The fourth-order valence-corrected chi connectivity index (χ4v) is 2.18. The number of hydrogen-bond acceptors (Lipinski definition) is 1. The maximum atomic E-state index is 13.6. The molecule has 14 heavy (non-hydrogen) atoms. The molecule has 1 aliphatic rings. The predicted molar refractivity (Wildman–Crippen MR) is 56.2 cm³/mol. The van der Waals surface area contributed by atoms with Gasteiger partial charge in [-0.3, -0.25) is 0 Å². The lowest BCUT2D eigenvalue weighted by Crippen LogP contribution is -2.26. The second-order valence-electron chi connectivity index (χ2n) is 4.11. The molecule has 1 nitrogen and oxygen atoms in total. The molecule has 1 aromatic carbocycles. The van der Waals surface area contributed by atoms with Crippen LogP contribution in [0.25, 0.3) is 0 Å². The topological polar surface area (TPSA) is 12.0 Å². The van der Waals surface area contributed by atoms with Crippen molar-refractivity contribution in [2.24, 2.45) is 0 Å². The first kappa shape index (κ1) is 9.94. The Kier molecular flexibility index (Phi) is 2.50. The molecule has 1 heterocycles. The first-order valence-corrected chi connectivity index (χ1v) is 5.16. The van der Waals surface area contributed by atoms with Crippen molar-refractivity contribution in [1.82, 2.24) is 5.32 Å². The van der Waals surface area contributed by atoms with Crippen molar-refractivity contribution in [3.8, 4) is 0 Å². The van der Waals surface area contributed by atoms with Gasteiger partial charge in [-0.1, -0.05) is 24.6 Å². The Hall–Kier alpha value is -0.600. The molecule has 1 aromatic rings. The Morgan fingerprint density at radius 3 is 2.86 bits per heavy atom. The van der Waals surface area contributed by atoms with E-state index in [4.69, 9.17) is 11.6 Å². The third kappa shape index (κ3) is 1.64. The van der Waals surface area contributed by atoms with Gasteiger partial charge in [0, 0.05) is 17.0 Å². The van der Waals surface area contributed by atoms with E-state index in [0.29, 0.717) is 5.02 Å². The molecule has 1 fully saturated rings. The first-order valence-electron chi connectivity index (χ1n) is 4.78. The van der Waals surface area contributed by atoms with Crippen LogP contribution in [0, 0.1) is 5.82 Å². The minimum atomic E-state index is -0.191. The fraction of sp³-hybridized carbons (Fsp3) is 0.455. The van der Waals surface area contributed by atoms with E-state index in [1.165, 1.54) is 6.07 Å². The highest BCUT2D eigenvalue weighted by atomic mass is 35.5. The van der Waals surface area contributed by atoms with Gasteiger partial charge in [-0.05, 0) is 30.7 Å². The van der Waals surface area contributed by atoms with Gasteiger partial charge in [0.1, 0.15) is 5.82 Å². The standard InChI is InChI=1S/C11H13ClFN/c1-11(4-5-14-7-11)9-3-2-8(12)6-10(9)13/h2-3,6,14H,4-5,7H2,1H3. The van der Waals surface area contributed by atoms with Crippen LogP contribution < -0.4 is 5.32 Å². The van der Waals surface area contributed by atoms with Crippen molar-refractivity contribution >= 4 is 11.6 Å². The number of benzene rings is 1. The zero-order chi connectivity index (χ0) is 10.2. The highest BCUT2D eigenvalue weighted by Crippen LogP contribution is 2.32. The molecule has 0 aliphatic carbocycles. The normalized spacial score (nSPS) is 26.8. The first-order chi connectivity index (χ1) is 6.62. The summed E-state index contributed by atoms with van der Waals surface area (Å²) in [6.07, 6.45) is 0.978. The summed E-state index contributed by atoms with van der Waals surface area (Å²) in [7, 11) is 0. The molecule has 0 bridgehead atoms. The third-order valence-electron chi connectivity index (χ3n) is 2.95. The minimum Gasteiger partial charge on any atom is -0.316 e. The van der Waals surface area contributed by atoms with E-state index in [9.17, 15) is 4.39 Å². The number of nitrogens with one attached hydrogen (secondary N) is 1. The summed E-state index contributed by atoms with van der Waals surface area (Å²) in [6, 6.07) is 4.94. The maximum absolute atomic E-state index is 13.6. The smallest absolute Gasteiger partial charge is 0.128 e. The molecule has 0 saturated carbocycles. The van der Waals surface area contributed by atoms with Gasteiger partial charge in [0.05, 0.1) is 0 Å². The molecule has 76 valence electrons. The molecule has 1 unspecified atom stereocenters. The maximum Gasteiger partial charge on any atom is 0.128 e. The van der Waals surface area contributed by atoms with Crippen LogP contribution in [0.15, 0.2) is 18.2 Å². The zero-order valence-corrected chi connectivity index (χ0v) is 8.87. The molecule has 0 aromatic heterocycles. The summed E-state index contributed by atoms with van der Waals surface area (Å²) >= 11 is 5.71. The lowest BCUT2D eigenvalue weighted by molar-refractivity contribution is 0.482. The van der Waals surface area contributed by atoms with Crippen LogP contribution in [0.2, 0.25) is 5.02 Å². The summed E-state index contributed by atoms with van der Waals surface area (Å²) in [5, 5.41) is 3.71. The van der Waals surface area contributed by atoms with Crippen LogP contribution in [0.3, 0.4) is 0 Å². The SMILES string of the molecule is CC1(c2ccc(Cl)cc2F)CCNC1. The molecule has 1 N–H and O–H groups in total. The molecule has 0 spiro atoms. The molecule has 3 heteroatoms. The predicted octanol–water partition coefficient (Wildman–Crippen LogP) is 2.73. The molecule has 1 saturated heterocycles. The highest BCUT2D eigenvalue weighted by Gasteiger charge is 2.32. The van der Waals surface area contributed by atoms with Crippen molar-refractivity contribution in [3.63, 3.8) is 0 Å². The largest absolute Gasteiger partial charge is 0.316 e. The Balaban J connectivity index is 2.40. The lowest BCUT2D eigenvalue weighted by Gasteiger charge is -2.23. The van der Waals surface area contributed by atoms with Crippen LogP contribution >= 0.6 is 11.6 Å². The van der Waals surface area contributed by atoms with E-state index >= 15 is 0 Å². The van der Waals surface area contributed by atoms with Gasteiger partial charge in [-0.25, -0.2) is 4.39 Å². The summed E-state index contributed by atoms with van der Waals surface area (Å²) in [4.78, 5) is 0. The van der Waals surface area contributed by atoms with Gasteiger partial charge in [0.25, 0.3) is 0 Å². The van der Waals surface area contributed by atoms with E-state index in [1.807, 2.05) is 0 Å². The van der Waals surface area contributed by atoms with Gasteiger partial charge in [-0.15, -0.1) is 0 Å². The molecular formula is C11H13ClFN. The van der Waals surface area contributed by atoms with Crippen LogP contribution in [0.5, 0.6) is 0 Å². The average Bonchev–Trinajstić information content (AvgIpc) is 2.52. The number of rotatable bonds is 1. The van der Waals surface area contributed by atoms with Gasteiger partial charge in [0.2, 0.25) is 0 Å². The number of hydrogen-bond donors (Lipinski definition) is 1. The van der Waals surface area contributed by atoms with Gasteiger partial charge in [-0.2, -0.15) is 0 Å². The average molecular weight is 214 g/mol. The zero-order valence-electron chi connectivity index (χ0n) is 8.11.